The molecular formula is C16H18O2. The minimum Gasteiger partial charge on any atom is -0.508 e. The van der Waals surface area contributed by atoms with Crippen molar-refractivity contribution in [3.8, 4) is 11.5 Å². The molecule has 0 unspecified atom stereocenters. The largest absolute Gasteiger partial charge is 0.508 e. The van der Waals surface area contributed by atoms with Gasteiger partial charge in [-0.1, -0.05) is 38.1 Å². The van der Waals surface area contributed by atoms with E-state index in [2.05, 4.69) is 26.0 Å². The van der Waals surface area contributed by atoms with Gasteiger partial charge < -0.3 is 9.84 Å². The highest BCUT2D eigenvalue weighted by Gasteiger charge is 2.23. The van der Waals surface area contributed by atoms with Crippen LogP contribution in [0.1, 0.15) is 25.0 Å². The Balaban J connectivity index is 2.40. The van der Waals surface area contributed by atoms with Gasteiger partial charge in [-0.3, -0.25) is 0 Å². The summed E-state index contributed by atoms with van der Waals surface area (Å²) in [5, 5.41) is 9.59. The van der Waals surface area contributed by atoms with Crippen LogP contribution in [0.3, 0.4) is 0 Å². The second kappa shape index (κ2) is 4.73. The van der Waals surface area contributed by atoms with Crippen molar-refractivity contribution >= 4 is 0 Å². The van der Waals surface area contributed by atoms with Gasteiger partial charge in [0.05, 0.1) is 7.11 Å². The van der Waals surface area contributed by atoms with Crippen molar-refractivity contribution in [3.05, 3.63) is 59.7 Å². The van der Waals surface area contributed by atoms with Gasteiger partial charge in [-0.05, 0) is 35.4 Å². The van der Waals surface area contributed by atoms with Gasteiger partial charge in [0.1, 0.15) is 11.5 Å². The Kier molecular flexibility index (Phi) is 3.28. The molecule has 0 aliphatic rings. The second-order valence-electron chi connectivity index (χ2n) is 4.90. The second-order valence-corrected chi connectivity index (χ2v) is 4.90. The van der Waals surface area contributed by atoms with Crippen LogP contribution in [0.5, 0.6) is 11.5 Å². The molecule has 0 fully saturated rings. The summed E-state index contributed by atoms with van der Waals surface area (Å²) >= 11 is 0. The maximum atomic E-state index is 9.59. The Bertz CT molecular complexity index is 527. The predicted molar refractivity (Wildman–Crippen MR) is 73.2 cm³/mol. The lowest BCUT2D eigenvalue weighted by atomic mass is 9.78. The topological polar surface area (TPSA) is 29.5 Å². The molecule has 0 saturated heterocycles. The molecule has 2 nitrogen and oxygen atoms in total. The van der Waals surface area contributed by atoms with Crippen molar-refractivity contribution in [3.63, 3.8) is 0 Å². The van der Waals surface area contributed by atoms with Crippen LogP contribution < -0.4 is 4.74 Å². The van der Waals surface area contributed by atoms with Gasteiger partial charge >= 0.3 is 0 Å². The lowest BCUT2D eigenvalue weighted by Crippen LogP contribution is -2.18. The van der Waals surface area contributed by atoms with Crippen molar-refractivity contribution < 1.29 is 9.84 Å². The third-order valence-corrected chi connectivity index (χ3v) is 3.38. The molecule has 0 aliphatic carbocycles. The molecule has 0 heterocycles. The lowest BCUT2D eigenvalue weighted by molar-refractivity contribution is 0.414. The van der Waals surface area contributed by atoms with E-state index in [-0.39, 0.29) is 5.41 Å². The minimum absolute atomic E-state index is 0.148. The predicted octanol–water partition coefficient (Wildman–Crippen LogP) is 3.73. The molecule has 1 N–H and O–H groups in total. The maximum absolute atomic E-state index is 9.59. The van der Waals surface area contributed by atoms with E-state index >= 15 is 0 Å². The summed E-state index contributed by atoms with van der Waals surface area (Å²) in [6.45, 7) is 4.28. The summed E-state index contributed by atoms with van der Waals surface area (Å²) in [5.74, 6) is 1.15. The zero-order valence-electron chi connectivity index (χ0n) is 11.0. The van der Waals surface area contributed by atoms with Crippen molar-refractivity contribution in [2.24, 2.45) is 0 Å². The number of benzene rings is 2. The first-order valence-electron chi connectivity index (χ1n) is 5.98. The molecule has 0 bridgehead atoms. The van der Waals surface area contributed by atoms with Crippen molar-refractivity contribution in [1.29, 1.82) is 0 Å². The number of phenolic OH excluding ortho intramolecular Hbond substituents is 1. The van der Waals surface area contributed by atoms with E-state index in [4.69, 9.17) is 4.74 Å². The molecule has 0 aromatic heterocycles. The van der Waals surface area contributed by atoms with Crippen molar-refractivity contribution in [2.75, 3.05) is 7.11 Å². The Labute approximate surface area is 108 Å². The third kappa shape index (κ3) is 2.33. The molecule has 0 radical (unpaired) electrons. The van der Waals surface area contributed by atoms with E-state index < -0.39 is 0 Å². The van der Waals surface area contributed by atoms with Crippen LogP contribution >= 0.6 is 0 Å². The Hall–Kier alpha value is -1.96. The lowest BCUT2D eigenvalue weighted by Gasteiger charge is -2.26. The van der Waals surface area contributed by atoms with Gasteiger partial charge in [0.25, 0.3) is 0 Å². The summed E-state index contributed by atoms with van der Waals surface area (Å²) in [6, 6.07) is 15.4. The average molecular weight is 242 g/mol. The highest BCUT2D eigenvalue weighted by molar-refractivity contribution is 5.42. The maximum Gasteiger partial charge on any atom is 0.118 e. The molecule has 2 heteroatoms. The molecular weight excluding hydrogens is 224 g/mol. The molecule has 2 aromatic rings. The van der Waals surface area contributed by atoms with E-state index in [1.54, 1.807) is 13.2 Å². The quantitative estimate of drug-likeness (QED) is 0.888. The number of hydrogen-bond acceptors (Lipinski definition) is 2. The van der Waals surface area contributed by atoms with Gasteiger partial charge in [0.2, 0.25) is 0 Å². The average Bonchev–Trinajstić information content (AvgIpc) is 2.39. The molecule has 2 aromatic carbocycles. The van der Waals surface area contributed by atoms with E-state index in [0.717, 1.165) is 11.3 Å². The van der Waals surface area contributed by atoms with Crippen LogP contribution in [0, 0.1) is 0 Å². The normalized spacial score (nSPS) is 11.3. The number of hydrogen-bond donors (Lipinski definition) is 1. The summed E-state index contributed by atoms with van der Waals surface area (Å²) < 4.78 is 5.17. The standard InChI is InChI=1S/C16H18O2/c1-16(2,13-5-4-6-14(17)11-13)12-7-9-15(18-3)10-8-12/h4-11,17H,1-3H3. The Morgan fingerprint density at radius 2 is 1.61 bits per heavy atom. The summed E-state index contributed by atoms with van der Waals surface area (Å²) in [7, 11) is 1.66. The molecule has 0 aliphatic heterocycles. The van der Waals surface area contributed by atoms with E-state index in [0.29, 0.717) is 5.75 Å². The fraction of sp³-hybridized carbons (Fsp3) is 0.250. The fourth-order valence-electron chi connectivity index (χ4n) is 2.07. The van der Waals surface area contributed by atoms with E-state index in [1.165, 1.54) is 5.56 Å². The van der Waals surface area contributed by atoms with Crippen molar-refractivity contribution in [1.82, 2.24) is 0 Å². The molecule has 18 heavy (non-hydrogen) atoms. The summed E-state index contributed by atoms with van der Waals surface area (Å²) in [5.41, 5.74) is 2.13. The van der Waals surface area contributed by atoms with Gasteiger partial charge in [-0.2, -0.15) is 0 Å². The minimum atomic E-state index is -0.148. The van der Waals surface area contributed by atoms with E-state index in [1.807, 2.05) is 30.3 Å². The SMILES string of the molecule is COc1ccc(C(C)(C)c2cccc(O)c2)cc1. The van der Waals surface area contributed by atoms with Crippen LogP contribution in [0.25, 0.3) is 0 Å². The number of aromatic hydroxyl groups is 1. The molecule has 0 saturated carbocycles. The number of phenols is 1. The van der Waals surface area contributed by atoms with Crippen LogP contribution in [-0.4, -0.2) is 12.2 Å². The van der Waals surface area contributed by atoms with Gasteiger partial charge in [-0.25, -0.2) is 0 Å². The number of methoxy groups -OCH3 is 1. The van der Waals surface area contributed by atoms with Crippen LogP contribution in [0.15, 0.2) is 48.5 Å². The van der Waals surface area contributed by atoms with Gasteiger partial charge in [0, 0.05) is 5.41 Å². The van der Waals surface area contributed by atoms with E-state index in [9.17, 15) is 5.11 Å². The summed E-state index contributed by atoms with van der Waals surface area (Å²) in [4.78, 5) is 0. The molecule has 0 amide bonds. The first kappa shape index (κ1) is 12.5. The van der Waals surface area contributed by atoms with Crippen LogP contribution in [0.2, 0.25) is 0 Å². The highest BCUT2D eigenvalue weighted by atomic mass is 16.5. The van der Waals surface area contributed by atoms with Crippen molar-refractivity contribution in [2.45, 2.75) is 19.3 Å². The Morgan fingerprint density at radius 1 is 0.944 bits per heavy atom. The van der Waals surface area contributed by atoms with Crippen LogP contribution in [-0.2, 0) is 5.41 Å². The monoisotopic (exact) mass is 242 g/mol. The summed E-state index contributed by atoms with van der Waals surface area (Å²) in [6.07, 6.45) is 0. The molecule has 0 atom stereocenters. The number of ether oxygens (including phenoxy) is 1. The first-order valence-corrected chi connectivity index (χ1v) is 5.98. The smallest absolute Gasteiger partial charge is 0.118 e. The highest BCUT2D eigenvalue weighted by Crippen LogP contribution is 2.33. The molecule has 2 rings (SSSR count). The zero-order valence-corrected chi connectivity index (χ0v) is 11.0. The molecule has 0 spiro atoms. The fourth-order valence-corrected chi connectivity index (χ4v) is 2.07. The molecule has 94 valence electrons. The van der Waals surface area contributed by atoms with Gasteiger partial charge in [-0.15, -0.1) is 0 Å². The number of rotatable bonds is 3. The van der Waals surface area contributed by atoms with Gasteiger partial charge in [0.15, 0.2) is 0 Å². The zero-order chi connectivity index (χ0) is 13.2. The Morgan fingerprint density at radius 3 is 2.17 bits per heavy atom. The first-order chi connectivity index (χ1) is 8.54. The van der Waals surface area contributed by atoms with Crippen LogP contribution in [0.4, 0.5) is 0 Å². The third-order valence-electron chi connectivity index (χ3n) is 3.38.